The van der Waals surface area contributed by atoms with E-state index in [1.165, 1.54) is 12.1 Å². The lowest BCUT2D eigenvalue weighted by molar-refractivity contribution is 0.627. The summed E-state index contributed by atoms with van der Waals surface area (Å²) in [6, 6.07) is 25.5. The predicted molar refractivity (Wildman–Crippen MR) is 131 cm³/mol. The third-order valence-electron chi connectivity index (χ3n) is 5.11. The normalized spacial score (nSPS) is 9.94. The van der Waals surface area contributed by atoms with Crippen molar-refractivity contribution in [3.63, 3.8) is 0 Å². The molecule has 34 heavy (non-hydrogen) atoms. The fraction of sp³-hybridized carbons (Fsp3) is 0.0714. The molecule has 0 fully saturated rings. The van der Waals surface area contributed by atoms with Gasteiger partial charge in [0.1, 0.15) is 11.6 Å². The van der Waals surface area contributed by atoms with Crippen molar-refractivity contribution in [1.82, 2.24) is 0 Å². The van der Waals surface area contributed by atoms with Crippen LogP contribution in [0.1, 0.15) is 16.7 Å². The smallest absolute Gasteiger partial charge is 0.187 e. The minimum atomic E-state index is -0.362. The Balaban J connectivity index is 0.00000103. The van der Waals surface area contributed by atoms with E-state index in [9.17, 15) is 8.78 Å². The molecule has 0 bridgehead atoms. The third-order valence-corrected chi connectivity index (χ3v) is 5.11. The molecule has 4 N–H and O–H groups in total. The summed E-state index contributed by atoms with van der Waals surface area (Å²) in [6.07, 6.45) is 0.401. The first-order chi connectivity index (χ1) is 16.5. The van der Waals surface area contributed by atoms with Crippen molar-refractivity contribution in [3.05, 3.63) is 125 Å². The molecule has 4 nitrogen and oxygen atoms in total. The van der Waals surface area contributed by atoms with Gasteiger partial charge in [0, 0.05) is 17.8 Å². The van der Waals surface area contributed by atoms with Gasteiger partial charge in [-0.3, -0.25) is 0 Å². The number of hydrogen-bond donors (Lipinski definition) is 2. The summed E-state index contributed by atoms with van der Waals surface area (Å²) < 4.78 is 29.4. The number of rotatable bonds is 4. The quantitative estimate of drug-likeness (QED) is 0.287. The molecule has 0 radical (unpaired) electrons. The highest BCUT2D eigenvalue weighted by Gasteiger charge is 2.10. The van der Waals surface area contributed by atoms with Crippen molar-refractivity contribution < 1.29 is 8.78 Å². The largest absolute Gasteiger partial charge is 0.319 e. The van der Waals surface area contributed by atoms with E-state index in [2.05, 4.69) is 16.3 Å². The van der Waals surface area contributed by atoms with Gasteiger partial charge in [0.15, 0.2) is 5.69 Å². The van der Waals surface area contributed by atoms with Crippen LogP contribution in [0, 0.1) is 29.5 Å². The van der Waals surface area contributed by atoms with Gasteiger partial charge in [-0.05, 0) is 52.9 Å². The molecule has 0 saturated heterocycles. The Hall–Kier alpha value is -4.36. The van der Waals surface area contributed by atoms with E-state index in [4.69, 9.17) is 11.8 Å². The van der Waals surface area contributed by atoms with Crippen molar-refractivity contribution in [3.8, 4) is 28.3 Å². The van der Waals surface area contributed by atoms with Crippen LogP contribution in [0.2, 0.25) is 0 Å². The van der Waals surface area contributed by atoms with E-state index in [0.29, 0.717) is 39.9 Å². The summed E-state index contributed by atoms with van der Waals surface area (Å²) in [5.41, 5.74) is 14.1. The molecule has 0 heterocycles. The first kappa shape index (κ1) is 24.3. The zero-order valence-corrected chi connectivity index (χ0v) is 18.3. The molecule has 0 aliphatic carbocycles. The number of nitrogens with zero attached hydrogens (tertiary/aromatic N) is 2. The van der Waals surface area contributed by atoms with Crippen molar-refractivity contribution in [2.75, 3.05) is 6.67 Å². The van der Waals surface area contributed by atoms with Gasteiger partial charge >= 0.3 is 0 Å². The van der Waals surface area contributed by atoms with Crippen LogP contribution in [-0.4, -0.2) is 6.67 Å². The Bertz CT molecular complexity index is 1240. The zero-order valence-electron chi connectivity index (χ0n) is 18.3. The first-order valence-electron chi connectivity index (χ1n) is 10.4. The third kappa shape index (κ3) is 5.90. The lowest BCUT2D eigenvalue weighted by Gasteiger charge is -2.09. The van der Waals surface area contributed by atoms with Crippen LogP contribution in [-0.2, 0) is 6.42 Å². The number of hydrogen-bond acceptors (Lipinski definition) is 3. The predicted octanol–water partition coefficient (Wildman–Crippen LogP) is 6.17. The van der Waals surface area contributed by atoms with Crippen LogP contribution < -0.4 is 11.5 Å². The lowest BCUT2D eigenvalue weighted by atomic mass is 9.97. The number of nitrogens with two attached hydrogens (primary N) is 2. The molecule has 168 valence electrons. The number of benzene rings is 4. The molecule has 0 aromatic heterocycles. The Morgan fingerprint density at radius 1 is 0.735 bits per heavy atom. The van der Waals surface area contributed by atoms with E-state index in [-0.39, 0.29) is 18.3 Å². The summed E-state index contributed by atoms with van der Waals surface area (Å²) in [6.45, 7) is 7.25. The van der Waals surface area contributed by atoms with Crippen LogP contribution in [0.25, 0.3) is 27.1 Å². The highest BCUT2D eigenvalue weighted by Crippen LogP contribution is 2.28. The Morgan fingerprint density at radius 2 is 1.18 bits per heavy atom. The highest BCUT2D eigenvalue weighted by molar-refractivity contribution is 5.68. The molecule has 0 spiro atoms. The Labute approximate surface area is 197 Å². The second-order valence-corrected chi connectivity index (χ2v) is 7.39. The SMILES string of the molecule is NCN.[C-]#[N+]c1ccc(-c2ccc(Cc3ccc(-c4ccc(C#N)cc4)c(F)c3)cc2F)cc1. The number of nitriles is 1. The molecule has 6 heteroatoms. The van der Waals surface area contributed by atoms with E-state index in [1.807, 2.05) is 18.2 Å². The van der Waals surface area contributed by atoms with Gasteiger partial charge in [0.2, 0.25) is 0 Å². The van der Waals surface area contributed by atoms with E-state index >= 15 is 0 Å². The van der Waals surface area contributed by atoms with Crippen LogP contribution in [0.4, 0.5) is 14.5 Å². The zero-order chi connectivity index (χ0) is 24.5. The molecule has 4 rings (SSSR count). The van der Waals surface area contributed by atoms with E-state index in [1.54, 1.807) is 60.7 Å². The van der Waals surface area contributed by atoms with E-state index < -0.39 is 0 Å². The second kappa shape index (κ2) is 11.5. The van der Waals surface area contributed by atoms with Gasteiger partial charge in [-0.25, -0.2) is 13.6 Å². The average Bonchev–Trinajstić information content (AvgIpc) is 2.85. The fourth-order valence-electron chi connectivity index (χ4n) is 3.48. The maximum absolute atomic E-state index is 14.7. The Kier molecular flexibility index (Phi) is 8.21. The molecule has 4 aromatic carbocycles. The van der Waals surface area contributed by atoms with Gasteiger partial charge < -0.3 is 11.5 Å². The summed E-state index contributed by atoms with van der Waals surface area (Å²) in [4.78, 5) is 3.34. The molecule has 0 aliphatic rings. The maximum Gasteiger partial charge on any atom is 0.187 e. The van der Waals surface area contributed by atoms with Gasteiger partial charge in [0.25, 0.3) is 0 Å². The molecule has 0 amide bonds. The molecule has 4 aromatic rings. The van der Waals surface area contributed by atoms with Gasteiger partial charge in [-0.15, -0.1) is 0 Å². The standard InChI is InChI=1S/C27H16F2N2.CH6N2/c1-31-23-10-8-22(9-11-23)25-13-5-20(16-27(25)29)14-19-4-12-24(26(28)15-19)21-6-2-18(17-30)3-7-21;2-1-3/h2-13,15-16H,14H2;1-3H2. The second-order valence-electron chi connectivity index (χ2n) is 7.39. The minimum absolute atomic E-state index is 0.250. The van der Waals surface area contributed by atoms with Crippen LogP contribution in [0.15, 0.2) is 84.9 Å². The van der Waals surface area contributed by atoms with Crippen LogP contribution in [0.3, 0.4) is 0 Å². The van der Waals surface area contributed by atoms with Crippen LogP contribution >= 0.6 is 0 Å². The average molecular weight is 453 g/mol. The molecule has 0 atom stereocenters. The molecular formula is C28H22F2N4. The fourth-order valence-corrected chi connectivity index (χ4v) is 3.48. The van der Waals surface area contributed by atoms with Crippen molar-refractivity contribution in [2.24, 2.45) is 11.5 Å². The first-order valence-corrected chi connectivity index (χ1v) is 10.4. The summed E-state index contributed by atoms with van der Waals surface area (Å²) in [5.74, 6) is -0.720. The van der Waals surface area contributed by atoms with Crippen LogP contribution in [0.5, 0.6) is 0 Å². The van der Waals surface area contributed by atoms with E-state index in [0.717, 1.165) is 11.1 Å². The lowest BCUT2D eigenvalue weighted by Crippen LogP contribution is -2.08. The van der Waals surface area contributed by atoms with Gasteiger partial charge in [0.05, 0.1) is 18.2 Å². The Morgan fingerprint density at radius 3 is 1.56 bits per heavy atom. The van der Waals surface area contributed by atoms with Crippen molar-refractivity contribution >= 4 is 5.69 Å². The molecule has 0 unspecified atom stereocenters. The monoisotopic (exact) mass is 452 g/mol. The molecular weight excluding hydrogens is 430 g/mol. The summed E-state index contributed by atoms with van der Waals surface area (Å²) in [7, 11) is 0. The summed E-state index contributed by atoms with van der Waals surface area (Å²) in [5, 5.41) is 8.89. The highest BCUT2D eigenvalue weighted by atomic mass is 19.1. The summed E-state index contributed by atoms with van der Waals surface area (Å²) >= 11 is 0. The minimum Gasteiger partial charge on any atom is -0.319 e. The van der Waals surface area contributed by atoms with Crippen molar-refractivity contribution in [1.29, 1.82) is 5.26 Å². The topological polar surface area (TPSA) is 80.2 Å². The maximum atomic E-state index is 14.7. The molecule has 0 saturated carbocycles. The van der Waals surface area contributed by atoms with Crippen molar-refractivity contribution in [2.45, 2.75) is 6.42 Å². The van der Waals surface area contributed by atoms with Gasteiger partial charge in [-0.2, -0.15) is 5.26 Å². The van der Waals surface area contributed by atoms with Gasteiger partial charge in [-0.1, -0.05) is 60.7 Å². The molecule has 0 aliphatic heterocycles. The number of halogens is 2.